The molecule has 3 heteroatoms. The van der Waals surface area contributed by atoms with Crippen LogP contribution in [-0.4, -0.2) is 5.11 Å². The highest BCUT2D eigenvalue weighted by molar-refractivity contribution is 7.12. The second-order valence-electron chi connectivity index (χ2n) is 5.27. The Morgan fingerprint density at radius 3 is 2.89 bits per heavy atom. The first kappa shape index (κ1) is 13.2. The maximum Gasteiger partial charge on any atom is 0.0922 e. The Morgan fingerprint density at radius 2 is 2.16 bits per heavy atom. The van der Waals surface area contributed by atoms with Gasteiger partial charge in [-0.2, -0.15) is 0 Å². The molecule has 1 aliphatic rings. The summed E-state index contributed by atoms with van der Waals surface area (Å²) in [6, 6.07) is 8.20. The summed E-state index contributed by atoms with van der Waals surface area (Å²) in [5.74, 6) is 0. The summed E-state index contributed by atoms with van der Waals surface area (Å²) in [5.41, 5.74) is 3.61. The van der Waals surface area contributed by atoms with Crippen LogP contribution >= 0.6 is 22.9 Å². The number of benzene rings is 1. The fourth-order valence-corrected chi connectivity index (χ4v) is 4.20. The minimum absolute atomic E-state index is 0.434. The highest BCUT2D eigenvalue weighted by Crippen LogP contribution is 2.35. The van der Waals surface area contributed by atoms with Crippen molar-refractivity contribution in [3.05, 3.63) is 55.7 Å². The van der Waals surface area contributed by atoms with Crippen molar-refractivity contribution >= 4 is 22.9 Å². The van der Waals surface area contributed by atoms with Crippen molar-refractivity contribution in [2.75, 3.05) is 0 Å². The van der Waals surface area contributed by atoms with Gasteiger partial charge in [-0.25, -0.2) is 0 Å². The SMILES string of the molecule is Cc1ccc(CC(O)c2cc3c(s2)CCC3)c(Cl)c1. The van der Waals surface area contributed by atoms with Gasteiger partial charge in [0.05, 0.1) is 6.10 Å². The zero-order chi connectivity index (χ0) is 13.4. The standard InChI is InChI=1S/C16H17ClOS/c1-10-5-6-11(13(17)7-10)8-14(18)16-9-12-3-2-4-15(12)19-16/h5-7,9,14,18H,2-4,8H2,1H3. The fraction of sp³-hybridized carbons (Fsp3) is 0.375. The molecule has 1 aromatic heterocycles. The number of aliphatic hydroxyl groups excluding tert-OH is 1. The lowest BCUT2D eigenvalue weighted by molar-refractivity contribution is 0.182. The van der Waals surface area contributed by atoms with E-state index in [-0.39, 0.29) is 0 Å². The van der Waals surface area contributed by atoms with Crippen LogP contribution in [-0.2, 0) is 19.3 Å². The number of thiophene rings is 1. The lowest BCUT2D eigenvalue weighted by Gasteiger charge is -2.10. The summed E-state index contributed by atoms with van der Waals surface area (Å²) in [6.07, 6.45) is 3.78. The van der Waals surface area contributed by atoms with Crippen molar-refractivity contribution in [3.8, 4) is 0 Å². The third-order valence-corrected chi connectivity index (χ3v) is 5.41. The first-order chi connectivity index (χ1) is 9.13. The molecular formula is C16H17ClOS. The van der Waals surface area contributed by atoms with Gasteiger partial charge in [0.15, 0.2) is 0 Å². The van der Waals surface area contributed by atoms with Crippen molar-refractivity contribution in [1.29, 1.82) is 0 Å². The van der Waals surface area contributed by atoms with Crippen molar-refractivity contribution in [2.24, 2.45) is 0 Å². The van der Waals surface area contributed by atoms with E-state index in [9.17, 15) is 5.11 Å². The molecule has 0 radical (unpaired) electrons. The van der Waals surface area contributed by atoms with Crippen LogP contribution < -0.4 is 0 Å². The summed E-state index contributed by atoms with van der Waals surface area (Å²) in [4.78, 5) is 2.55. The molecule has 0 spiro atoms. The molecular weight excluding hydrogens is 276 g/mol. The maximum absolute atomic E-state index is 10.4. The van der Waals surface area contributed by atoms with Crippen molar-refractivity contribution < 1.29 is 5.11 Å². The Bertz CT molecular complexity index is 581. The fourth-order valence-electron chi connectivity index (χ4n) is 2.64. The molecule has 1 atom stereocenters. The molecule has 1 unspecified atom stereocenters. The van der Waals surface area contributed by atoms with E-state index >= 15 is 0 Å². The van der Waals surface area contributed by atoms with Crippen LogP contribution in [0.3, 0.4) is 0 Å². The van der Waals surface area contributed by atoms with Crippen molar-refractivity contribution in [1.82, 2.24) is 0 Å². The summed E-state index contributed by atoms with van der Waals surface area (Å²) in [6.45, 7) is 2.02. The predicted octanol–water partition coefficient (Wildman–Crippen LogP) is 4.47. The van der Waals surface area contributed by atoms with Crippen LogP contribution in [0.25, 0.3) is 0 Å². The van der Waals surface area contributed by atoms with Crippen LogP contribution in [0.5, 0.6) is 0 Å². The Kier molecular flexibility index (Phi) is 3.66. The van der Waals surface area contributed by atoms with E-state index in [0.717, 1.165) is 21.0 Å². The molecule has 0 saturated carbocycles. The molecule has 0 saturated heterocycles. The van der Waals surface area contributed by atoms with Crippen molar-refractivity contribution in [3.63, 3.8) is 0 Å². The second kappa shape index (κ2) is 5.28. The van der Waals surface area contributed by atoms with Crippen LogP contribution in [0, 0.1) is 6.92 Å². The van der Waals surface area contributed by atoms with Gasteiger partial charge in [0.1, 0.15) is 0 Å². The van der Waals surface area contributed by atoms with E-state index in [1.807, 2.05) is 25.1 Å². The molecule has 3 rings (SSSR count). The molecule has 2 aromatic rings. The van der Waals surface area contributed by atoms with Gasteiger partial charge >= 0.3 is 0 Å². The van der Waals surface area contributed by atoms with Crippen LogP contribution in [0.15, 0.2) is 24.3 Å². The molecule has 1 N–H and O–H groups in total. The van der Waals surface area contributed by atoms with E-state index in [4.69, 9.17) is 11.6 Å². The average molecular weight is 293 g/mol. The molecule has 1 heterocycles. The lowest BCUT2D eigenvalue weighted by Crippen LogP contribution is -2.00. The normalized spacial score (nSPS) is 15.5. The smallest absolute Gasteiger partial charge is 0.0922 e. The van der Waals surface area contributed by atoms with Gasteiger partial charge in [0.2, 0.25) is 0 Å². The van der Waals surface area contributed by atoms with E-state index < -0.39 is 6.10 Å². The average Bonchev–Trinajstić information content (AvgIpc) is 2.93. The van der Waals surface area contributed by atoms with Gasteiger partial charge in [-0.1, -0.05) is 23.7 Å². The summed E-state index contributed by atoms with van der Waals surface area (Å²) in [5, 5.41) is 11.1. The van der Waals surface area contributed by atoms with Gasteiger partial charge in [-0.05, 0) is 55.0 Å². The largest absolute Gasteiger partial charge is 0.387 e. The van der Waals surface area contributed by atoms with Gasteiger partial charge in [-0.15, -0.1) is 11.3 Å². The van der Waals surface area contributed by atoms with E-state index in [2.05, 4.69) is 6.07 Å². The molecule has 0 bridgehead atoms. The molecule has 1 aromatic carbocycles. The van der Waals surface area contributed by atoms with Crippen LogP contribution in [0.2, 0.25) is 5.02 Å². The topological polar surface area (TPSA) is 20.2 Å². The number of aryl methyl sites for hydroxylation is 3. The Balaban J connectivity index is 1.78. The van der Waals surface area contributed by atoms with E-state index in [1.165, 1.54) is 29.7 Å². The van der Waals surface area contributed by atoms with Gasteiger partial charge in [-0.3, -0.25) is 0 Å². The van der Waals surface area contributed by atoms with Crippen LogP contribution in [0.4, 0.5) is 0 Å². The molecule has 0 fully saturated rings. The molecule has 1 aliphatic carbocycles. The number of hydrogen-bond acceptors (Lipinski definition) is 2. The summed E-state index contributed by atoms with van der Waals surface area (Å²) in [7, 11) is 0. The highest BCUT2D eigenvalue weighted by atomic mass is 35.5. The Hall–Kier alpha value is -0.830. The number of halogens is 1. The Labute approximate surface area is 122 Å². The third-order valence-electron chi connectivity index (χ3n) is 3.72. The Morgan fingerprint density at radius 1 is 1.32 bits per heavy atom. The van der Waals surface area contributed by atoms with E-state index in [1.54, 1.807) is 11.3 Å². The molecule has 100 valence electrons. The minimum Gasteiger partial charge on any atom is -0.387 e. The number of rotatable bonds is 3. The molecule has 1 nitrogen and oxygen atoms in total. The summed E-state index contributed by atoms with van der Waals surface area (Å²) >= 11 is 7.99. The van der Waals surface area contributed by atoms with Crippen molar-refractivity contribution in [2.45, 2.75) is 38.7 Å². The number of hydrogen-bond donors (Lipinski definition) is 1. The van der Waals surface area contributed by atoms with Gasteiger partial charge in [0, 0.05) is 21.2 Å². The lowest BCUT2D eigenvalue weighted by atomic mass is 10.0. The number of fused-ring (bicyclic) bond motifs is 1. The van der Waals surface area contributed by atoms with E-state index in [0.29, 0.717) is 6.42 Å². The predicted molar refractivity (Wildman–Crippen MR) is 81.2 cm³/mol. The second-order valence-corrected chi connectivity index (χ2v) is 6.84. The molecule has 19 heavy (non-hydrogen) atoms. The van der Waals surface area contributed by atoms with Crippen LogP contribution in [0.1, 0.15) is 39.0 Å². The first-order valence-electron chi connectivity index (χ1n) is 6.68. The monoisotopic (exact) mass is 292 g/mol. The zero-order valence-corrected chi connectivity index (χ0v) is 12.5. The molecule has 0 aliphatic heterocycles. The van der Waals surface area contributed by atoms with Gasteiger partial charge in [0.25, 0.3) is 0 Å². The highest BCUT2D eigenvalue weighted by Gasteiger charge is 2.19. The third kappa shape index (κ3) is 2.71. The quantitative estimate of drug-likeness (QED) is 0.884. The summed E-state index contributed by atoms with van der Waals surface area (Å²) < 4.78 is 0. The first-order valence-corrected chi connectivity index (χ1v) is 7.87. The number of aliphatic hydroxyl groups is 1. The molecule has 0 amide bonds. The van der Waals surface area contributed by atoms with Gasteiger partial charge < -0.3 is 5.11 Å². The minimum atomic E-state index is -0.434. The zero-order valence-electron chi connectivity index (χ0n) is 10.9. The maximum atomic E-state index is 10.4.